The summed E-state index contributed by atoms with van der Waals surface area (Å²) in [6.45, 7) is 0. The average molecular weight is 572 g/mol. The van der Waals surface area contributed by atoms with E-state index >= 15 is 0 Å². The Balaban J connectivity index is 1.39. The van der Waals surface area contributed by atoms with Crippen molar-refractivity contribution >= 4 is 58.5 Å². The molecule has 3 amide bonds. The van der Waals surface area contributed by atoms with Gasteiger partial charge in [-0.25, -0.2) is 0 Å². The summed E-state index contributed by atoms with van der Waals surface area (Å²) in [5, 5.41) is 8.87. The molecule has 3 N–H and O–H groups in total. The summed E-state index contributed by atoms with van der Waals surface area (Å²) < 4.78 is 5.18. The first-order chi connectivity index (χ1) is 19.4. The molecule has 0 saturated heterocycles. The Kier molecular flexibility index (Phi) is 9.99. The van der Waals surface area contributed by atoms with Gasteiger partial charge in [-0.15, -0.1) is 11.8 Å². The fraction of sp³-hybridized carbons (Fsp3) is 0.0645. The summed E-state index contributed by atoms with van der Waals surface area (Å²) >= 11 is 7.47. The molecule has 9 heteroatoms. The second kappa shape index (κ2) is 14.0. The molecular formula is C31H26ClN3O4S. The molecule has 0 aliphatic rings. The molecule has 0 fully saturated rings. The molecule has 0 heterocycles. The van der Waals surface area contributed by atoms with Crippen LogP contribution in [-0.4, -0.2) is 30.6 Å². The number of rotatable bonds is 10. The van der Waals surface area contributed by atoms with Crippen LogP contribution >= 0.6 is 23.4 Å². The monoisotopic (exact) mass is 571 g/mol. The third kappa shape index (κ3) is 8.49. The average Bonchev–Trinajstić information content (AvgIpc) is 2.97. The third-order valence-electron chi connectivity index (χ3n) is 5.52. The minimum Gasteiger partial charge on any atom is -0.497 e. The quantitative estimate of drug-likeness (QED) is 0.149. The number of thioether (sulfide) groups is 1. The minimum absolute atomic E-state index is 0.0591. The first-order valence-electron chi connectivity index (χ1n) is 12.2. The lowest BCUT2D eigenvalue weighted by Gasteiger charge is -2.12. The van der Waals surface area contributed by atoms with Crippen molar-refractivity contribution in [3.63, 3.8) is 0 Å². The number of amides is 3. The lowest BCUT2D eigenvalue weighted by atomic mass is 10.1. The van der Waals surface area contributed by atoms with Gasteiger partial charge in [0.25, 0.3) is 11.8 Å². The molecule has 40 heavy (non-hydrogen) atoms. The number of carbonyl (C=O) groups excluding carboxylic acids is 3. The van der Waals surface area contributed by atoms with E-state index in [1.165, 1.54) is 11.8 Å². The van der Waals surface area contributed by atoms with Crippen molar-refractivity contribution in [3.8, 4) is 5.75 Å². The van der Waals surface area contributed by atoms with Crippen LogP contribution in [0.5, 0.6) is 5.75 Å². The van der Waals surface area contributed by atoms with E-state index in [9.17, 15) is 14.4 Å². The highest BCUT2D eigenvalue weighted by Gasteiger charge is 2.15. The predicted octanol–water partition coefficient (Wildman–Crippen LogP) is 6.49. The van der Waals surface area contributed by atoms with Gasteiger partial charge in [-0.05, 0) is 72.3 Å². The third-order valence-corrected chi connectivity index (χ3v) is 6.77. The molecule has 0 atom stereocenters. The zero-order chi connectivity index (χ0) is 28.3. The standard InChI is InChI=1S/C31H26ClN3O4S/c1-39-26-12-6-11-25(19-26)33-29(36)20-40-27-15-13-24(14-16-27)34-31(38)28(18-21-7-5-10-23(32)17-21)35-30(37)22-8-3-2-4-9-22/h2-19H,20H2,1H3,(H,33,36)(H,34,38)(H,35,37)/b28-18-. The van der Waals surface area contributed by atoms with Crippen molar-refractivity contribution in [2.45, 2.75) is 4.90 Å². The molecule has 0 unspecified atom stereocenters. The van der Waals surface area contributed by atoms with Gasteiger partial charge >= 0.3 is 0 Å². The Morgan fingerprint density at radius 3 is 2.30 bits per heavy atom. The Hall–Kier alpha value is -4.53. The predicted molar refractivity (Wildman–Crippen MR) is 161 cm³/mol. The van der Waals surface area contributed by atoms with Gasteiger partial charge in [0, 0.05) is 32.9 Å². The summed E-state index contributed by atoms with van der Waals surface area (Å²) in [7, 11) is 1.57. The highest BCUT2D eigenvalue weighted by molar-refractivity contribution is 8.00. The molecule has 4 rings (SSSR count). The molecule has 4 aromatic carbocycles. The first-order valence-corrected chi connectivity index (χ1v) is 13.6. The number of halogens is 1. The van der Waals surface area contributed by atoms with Crippen LogP contribution in [0.2, 0.25) is 5.02 Å². The van der Waals surface area contributed by atoms with Gasteiger partial charge in [0.15, 0.2) is 0 Å². The van der Waals surface area contributed by atoms with Gasteiger partial charge in [-0.1, -0.05) is 48.0 Å². The molecule has 0 aromatic heterocycles. The fourth-order valence-electron chi connectivity index (χ4n) is 3.59. The van der Waals surface area contributed by atoms with Crippen LogP contribution in [0.25, 0.3) is 6.08 Å². The van der Waals surface area contributed by atoms with Crippen molar-refractivity contribution in [1.82, 2.24) is 5.32 Å². The van der Waals surface area contributed by atoms with Crippen molar-refractivity contribution in [2.24, 2.45) is 0 Å². The van der Waals surface area contributed by atoms with E-state index in [1.807, 2.05) is 12.1 Å². The number of benzene rings is 4. The maximum Gasteiger partial charge on any atom is 0.272 e. The summed E-state index contributed by atoms with van der Waals surface area (Å²) in [4.78, 5) is 39.2. The van der Waals surface area contributed by atoms with Gasteiger partial charge in [-0.3, -0.25) is 14.4 Å². The zero-order valence-electron chi connectivity index (χ0n) is 21.5. The van der Waals surface area contributed by atoms with E-state index in [1.54, 1.807) is 104 Å². The number of hydrogen-bond acceptors (Lipinski definition) is 5. The maximum absolute atomic E-state index is 13.2. The van der Waals surface area contributed by atoms with Crippen LogP contribution in [0.4, 0.5) is 11.4 Å². The Bertz CT molecular complexity index is 1530. The number of carbonyl (C=O) groups is 3. The van der Waals surface area contributed by atoms with Crippen LogP contribution in [0, 0.1) is 0 Å². The molecule has 4 aromatic rings. The van der Waals surface area contributed by atoms with Gasteiger partial charge in [0.05, 0.1) is 12.9 Å². The fourth-order valence-corrected chi connectivity index (χ4v) is 4.48. The highest BCUT2D eigenvalue weighted by atomic mass is 35.5. The molecule has 0 aliphatic heterocycles. The van der Waals surface area contributed by atoms with Crippen LogP contribution in [0.1, 0.15) is 15.9 Å². The van der Waals surface area contributed by atoms with E-state index in [0.717, 1.165) is 4.90 Å². The van der Waals surface area contributed by atoms with Crippen LogP contribution in [0.15, 0.2) is 114 Å². The van der Waals surface area contributed by atoms with Crippen molar-refractivity contribution in [2.75, 3.05) is 23.5 Å². The minimum atomic E-state index is -0.498. The van der Waals surface area contributed by atoms with Gasteiger partial charge < -0.3 is 20.7 Å². The number of hydrogen-bond donors (Lipinski definition) is 3. The lowest BCUT2D eigenvalue weighted by Crippen LogP contribution is -2.30. The van der Waals surface area contributed by atoms with E-state index < -0.39 is 11.8 Å². The molecule has 0 aliphatic carbocycles. The van der Waals surface area contributed by atoms with Crippen molar-refractivity contribution in [3.05, 3.63) is 125 Å². The molecule has 7 nitrogen and oxygen atoms in total. The van der Waals surface area contributed by atoms with Crippen LogP contribution < -0.4 is 20.7 Å². The summed E-state index contributed by atoms with van der Waals surface area (Å²) in [6, 6.07) is 29.8. The van der Waals surface area contributed by atoms with Crippen molar-refractivity contribution in [1.29, 1.82) is 0 Å². The second-order valence-electron chi connectivity index (χ2n) is 8.48. The molecular weight excluding hydrogens is 546 g/mol. The summed E-state index contributed by atoms with van der Waals surface area (Å²) in [5.41, 5.74) is 2.32. The number of anilines is 2. The molecule has 0 bridgehead atoms. The van der Waals surface area contributed by atoms with E-state index in [4.69, 9.17) is 16.3 Å². The Labute approximate surface area is 241 Å². The number of ether oxygens (including phenoxy) is 1. The largest absolute Gasteiger partial charge is 0.497 e. The van der Waals surface area contributed by atoms with Gasteiger partial charge in [0.1, 0.15) is 11.4 Å². The van der Waals surface area contributed by atoms with Gasteiger partial charge in [0.2, 0.25) is 5.91 Å². The summed E-state index contributed by atoms with van der Waals surface area (Å²) in [6.07, 6.45) is 1.56. The normalized spacial score (nSPS) is 10.9. The maximum atomic E-state index is 13.2. The smallest absolute Gasteiger partial charge is 0.272 e. The first kappa shape index (κ1) is 28.5. The number of methoxy groups -OCH3 is 1. The number of nitrogens with one attached hydrogen (secondary N) is 3. The molecule has 202 valence electrons. The van der Waals surface area contributed by atoms with Gasteiger partial charge in [-0.2, -0.15) is 0 Å². The lowest BCUT2D eigenvalue weighted by molar-refractivity contribution is -0.114. The van der Waals surface area contributed by atoms with E-state index in [0.29, 0.717) is 33.3 Å². The Morgan fingerprint density at radius 1 is 0.825 bits per heavy atom. The molecule has 0 saturated carbocycles. The van der Waals surface area contributed by atoms with Crippen molar-refractivity contribution < 1.29 is 19.1 Å². The highest BCUT2D eigenvalue weighted by Crippen LogP contribution is 2.22. The Morgan fingerprint density at radius 2 is 1.57 bits per heavy atom. The topological polar surface area (TPSA) is 96.5 Å². The second-order valence-corrected chi connectivity index (χ2v) is 9.97. The summed E-state index contributed by atoms with van der Waals surface area (Å²) in [5.74, 6) is -0.194. The SMILES string of the molecule is COc1cccc(NC(=O)CSc2ccc(NC(=O)/C(=C/c3cccc(Cl)c3)NC(=O)c3ccccc3)cc2)c1. The van der Waals surface area contributed by atoms with E-state index in [-0.39, 0.29) is 17.4 Å². The van der Waals surface area contributed by atoms with Crippen LogP contribution in [0.3, 0.4) is 0 Å². The zero-order valence-corrected chi connectivity index (χ0v) is 23.1. The molecule has 0 radical (unpaired) electrons. The molecule has 0 spiro atoms. The van der Waals surface area contributed by atoms with Crippen LogP contribution in [-0.2, 0) is 9.59 Å². The van der Waals surface area contributed by atoms with E-state index in [2.05, 4.69) is 16.0 Å².